The van der Waals surface area contributed by atoms with Gasteiger partial charge in [0, 0.05) is 36.7 Å². The molecule has 0 aromatic carbocycles. The van der Waals surface area contributed by atoms with Gasteiger partial charge in [-0.05, 0) is 62.4 Å². The lowest BCUT2D eigenvalue weighted by molar-refractivity contribution is 0.320. The Labute approximate surface area is 160 Å². The van der Waals surface area contributed by atoms with Gasteiger partial charge in [0.2, 0.25) is 0 Å². The Morgan fingerprint density at radius 1 is 0.889 bits per heavy atom. The molecule has 1 saturated heterocycles. The Kier molecular flexibility index (Phi) is 5.49. The maximum Gasteiger partial charge on any atom is 0.128 e. The van der Waals surface area contributed by atoms with Crippen LogP contribution in [0.15, 0.2) is 55.0 Å². The zero-order chi connectivity index (χ0) is 18.5. The Morgan fingerprint density at radius 3 is 2.56 bits per heavy atom. The second kappa shape index (κ2) is 8.35. The molecule has 0 bridgehead atoms. The van der Waals surface area contributed by atoms with Gasteiger partial charge in [-0.3, -0.25) is 9.97 Å². The van der Waals surface area contributed by atoms with Crippen LogP contribution in [0.4, 0.5) is 0 Å². The number of piperidine rings is 1. The number of hydrogen-bond acceptors (Lipinski definition) is 5. The van der Waals surface area contributed by atoms with Gasteiger partial charge in [-0.15, -0.1) is 0 Å². The van der Waals surface area contributed by atoms with Crippen LogP contribution in [0.25, 0.3) is 0 Å². The number of aromatic nitrogens is 4. The minimum atomic E-state index is 0.276. The fourth-order valence-electron chi connectivity index (χ4n) is 3.78. The van der Waals surface area contributed by atoms with Crippen LogP contribution in [0.1, 0.15) is 59.8 Å². The number of rotatable bonds is 5. The topological polar surface area (TPSA) is 63.6 Å². The van der Waals surface area contributed by atoms with Crippen molar-refractivity contribution in [2.75, 3.05) is 0 Å². The summed E-state index contributed by atoms with van der Waals surface area (Å²) in [6.45, 7) is 2.14. The summed E-state index contributed by atoms with van der Waals surface area (Å²) in [6.07, 6.45) is 10.6. The quantitative estimate of drug-likeness (QED) is 0.748. The van der Waals surface area contributed by atoms with E-state index in [1.165, 1.54) is 17.7 Å². The first-order chi connectivity index (χ1) is 13.3. The molecule has 138 valence electrons. The average molecular weight is 359 g/mol. The highest BCUT2D eigenvalue weighted by Gasteiger charge is 2.26. The third-order valence-electron chi connectivity index (χ3n) is 5.18. The van der Waals surface area contributed by atoms with Gasteiger partial charge in [0.1, 0.15) is 5.82 Å². The van der Waals surface area contributed by atoms with Crippen molar-refractivity contribution >= 4 is 0 Å². The van der Waals surface area contributed by atoms with Crippen LogP contribution in [-0.2, 0) is 12.8 Å². The zero-order valence-corrected chi connectivity index (χ0v) is 15.7. The molecule has 3 aromatic heterocycles. The Bertz CT molecular complexity index is 881. The summed E-state index contributed by atoms with van der Waals surface area (Å²) in [5, 5.41) is 3.78. The Balaban J connectivity index is 1.46. The van der Waals surface area contributed by atoms with Gasteiger partial charge in [-0.25, -0.2) is 9.97 Å². The maximum atomic E-state index is 4.92. The van der Waals surface area contributed by atoms with Gasteiger partial charge in [-0.2, -0.15) is 0 Å². The van der Waals surface area contributed by atoms with Crippen molar-refractivity contribution < 1.29 is 0 Å². The molecule has 4 heterocycles. The molecule has 0 unspecified atom stereocenters. The van der Waals surface area contributed by atoms with E-state index in [2.05, 4.69) is 51.5 Å². The molecule has 1 N–H and O–H groups in total. The third kappa shape index (κ3) is 4.37. The van der Waals surface area contributed by atoms with Gasteiger partial charge >= 0.3 is 0 Å². The smallest absolute Gasteiger partial charge is 0.128 e. The molecule has 5 heteroatoms. The summed E-state index contributed by atoms with van der Waals surface area (Å²) in [5.74, 6) is 0.867. The van der Waals surface area contributed by atoms with E-state index in [4.69, 9.17) is 4.98 Å². The van der Waals surface area contributed by atoms with E-state index in [9.17, 15) is 0 Å². The van der Waals surface area contributed by atoms with Crippen LogP contribution in [-0.4, -0.2) is 19.9 Å². The number of aryl methyl sites for hydroxylation is 3. The van der Waals surface area contributed by atoms with Crippen molar-refractivity contribution in [3.8, 4) is 0 Å². The van der Waals surface area contributed by atoms with Gasteiger partial charge in [0.05, 0.1) is 17.4 Å². The summed E-state index contributed by atoms with van der Waals surface area (Å²) in [5.41, 5.74) is 4.64. The zero-order valence-electron chi connectivity index (χ0n) is 15.7. The van der Waals surface area contributed by atoms with Gasteiger partial charge in [0.15, 0.2) is 0 Å². The van der Waals surface area contributed by atoms with Crippen LogP contribution in [0.3, 0.4) is 0 Å². The predicted octanol–water partition coefficient (Wildman–Crippen LogP) is 3.92. The minimum Gasteiger partial charge on any atom is -0.300 e. The van der Waals surface area contributed by atoms with E-state index in [1.807, 2.05) is 18.3 Å². The molecule has 0 amide bonds. The molecule has 1 aliphatic rings. The van der Waals surface area contributed by atoms with Crippen molar-refractivity contribution in [1.29, 1.82) is 0 Å². The molecule has 2 atom stereocenters. The SMILES string of the molecule is Cc1cccnc1[C@@H]1CCC[C@H](c2cccc(CCc3ncccn3)n2)N1. The lowest BCUT2D eigenvalue weighted by Crippen LogP contribution is -2.32. The monoisotopic (exact) mass is 359 g/mol. The first kappa shape index (κ1) is 17.7. The number of hydrogen-bond donors (Lipinski definition) is 1. The summed E-state index contributed by atoms with van der Waals surface area (Å²) < 4.78 is 0. The van der Waals surface area contributed by atoms with E-state index in [0.29, 0.717) is 6.04 Å². The van der Waals surface area contributed by atoms with E-state index in [0.717, 1.165) is 42.9 Å². The lowest BCUT2D eigenvalue weighted by atomic mass is 9.92. The highest BCUT2D eigenvalue weighted by atomic mass is 15.0. The largest absolute Gasteiger partial charge is 0.300 e. The molecule has 1 aliphatic heterocycles. The molecular formula is C22H25N5. The van der Waals surface area contributed by atoms with E-state index < -0.39 is 0 Å². The van der Waals surface area contributed by atoms with Crippen molar-refractivity contribution in [2.45, 2.75) is 51.1 Å². The van der Waals surface area contributed by atoms with Crippen LogP contribution in [0.5, 0.6) is 0 Å². The molecule has 0 radical (unpaired) electrons. The maximum absolute atomic E-state index is 4.92. The average Bonchev–Trinajstić information content (AvgIpc) is 2.74. The lowest BCUT2D eigenvalue weighted by Gasteiger charge is -2.31. The standard InChI is InChI=1S/C22H25N5/c1-16-6-4-13-25-22(16)20-10-3-9-19(27-20)18-8-2-7-17(26-18)11-12-21-23-14-5-15-24-21/h2,4-8,13-15,19-20,27H,3,9-12H2,1H3/t19-,20+/m1/s1. The van der Waals surface area contributed by atoms with Crippen molar-refractivity contribution in [2.24, 2.45) is 0 Å². The highest BCUT2D eigenvalue weighted by Crippen LogP contribution is 2.32. The third-order valence-corrected chi connectivity index (χ3v) is 5.18. The summed E-state index contributed by atoms with van der Waals surface area (Å²) in [7, 11) is 0. The van der Waals surface area contributed by atoms with E-state index >= 15 is 0 Å². The van der Waals surface area contributed by atoms with Crippen molar-refractivity contribution in [3.05, 3.63) is 83.5 Å². The summed E-state index contributed by atoms with van der Waals surface area (Å²) >= 11 is 0. The first-order valence-corrected chi connectivity index (χ1v) is 9.69. The minimum absolute atomic E-state index is 0.276. The van der Waals surface area contributed by atoms with Crippen molar-refractivity contribution in [3.63, 3.8) is 0 Å². The second-order valence-corrected chi connectivity index (χ2v) is 7.13. The van der Waals surface area contributed by atoms with Crippen LogP contribution in [0, 0.1) is 6.92 Å². The summed E-state index contributed by atoms with van der Waals surface area (Å²) in [6, 6.07) is 12.9. The van der Waals surface area contributed by atoms with Gasteiger partial charge in [0.25, 0.3) is 0 Å². The van der Waals surface area contributed by atoms with Crippen molar-refractivity contribution in [1.82, 2.24) is 25.3 Å². The molecular weight excluding hydrogens is 334 g/mol. The molecule has 0 aliphatic carbocycles. The normalized spacial score (nSPS) is 19.7. The summed E-state index contributed by atoms with van der Waals surface area (Å²) in [4.78, 5) is 18.1. The second-order valence-electron chi connectivity index (χ2n) is 7.13. The van der Waals surface area contributed by atoms with Crippen LogP contribution >= 0.6 is 0 Å². The molecule has 3 aromatic rings. The first-order valence-electron chi connectivity index (χ1n) is 9.69. The van der Waals surface area contributed by atoms with E-state index in [1.54, 1.807) is 12.4 Å². The fraction of sp³-hybridized carbons (Fsp3) is 0.364. The predicted molar refractivity (Wildman–Crippen MR) is 105 cm³/mol. The Morgan fingerprint density at radius 2 is 1.70 bits per heavy atom. The highest BCUT2D eigenvalue weighted by molar-refractivity contribution is 5.23. The van der Waals surface area contributed by atoms with Gasteiger partial charge in [-0.1, -0.05) is 12.1 Å². The molecule has 5 nitrogen and oxygen atoms in total. The molecule has 0 saturated carbocycles. The Hall–Kier alpha value is -2.66. The number of pyridine rings is 2. The molecule has 0 spiro atoms. The van der Waals surface area contributed by atoms with Gasteiger partial charge < -0.3 is 5.32 Å². The number of nitrogens with zero attached hydrogens (tertiary/aromatic N) is 4. The van der Waals surface area contributed by atoms with Crippen LogP contribution in [0.2, 0.25) is 0 Å². The molecule has 4 rings (SSSR count). The molecule has 27 heavy (non-hydrogen) atoms. The van der Waals surface area contributed by atoms with E-state index in [-0.39, 0.29) is 6.04 Å². The fourth-order valence-corrected chi connectivity index (χ4v) is 3.78. The number of nitrogens with one attached hydrogen (secondary N) is 1. The molecule has 1 fully saturated rings. The van der Waals surface area contributed by atoms with Crippen LogP contribution < -0.4 is 5.32 Å².